The summed E-state index contributed by atoms with van der Waals surface area (Å²) in [7, 11) is 1.13. The van der Waals surface area contributed by atoms with Gasteiger partial charge < -0.3 is 14.5 Å². The molecule has 1 N–H and O–H groups in total. The molecule has 1 aromatic rings. The lowest BCUT2D eigenvalue weighted by molar-refractivity contribution is -0.275. The van der Waals surface area contributed by atoms with Crippen LogP contribution < -0.4 is 10.3 Å². The molecular formula is C10H9ClF3NO4. The summed E-state index contributed by atoms with van der Waals surface area (Å²) in [6.07, 6.45) is -4.26. The molecule has 9 heteroatoms. The number of esters is 1. The average Bonchev–Trinajstić information content (AvgIpc) is 2.31. The largest absolute Gasteiger partial charge is 0.573 e. The van der Waals surface area contributed by atoms with Crippen molar-refractivity contribution in [1.29, 1.82) is 0 Å². The van der Waals surface area contributed by atoms with Crippen LogP contribution in [0.5, 0.6) is 5.75 Å². The van der Waals surface area contributed by atoms with Gasteiger partial charge in [-0.1, -0.05) is 0 Å². The molecule has 0 atom stereocenters. The second kappa shape index (κ2) is 5.96. The van der Waals surface area contributed by atoms with E-state index in [4.69, 9.17) is 11.6 Å². The van der Waals surface area contributed by atoms with Gasteiger partial charge in [0, 0.05) is 11.8 Å². The summed E-state index contributed by atoms with van der Waals surface area (Å²) in [5.74, 6) is -2.07. The molecule has 19 heavy (non-hydrogen) atoms. The van der Waals surface area contributed by atoms with Crippen LogP contribution in [0.4, 0.5) is 13.2 Å². The molecule has 0 fully saturated rings. The van der Waals surface area contributed by atoms with Gasteiger partial charge in [0.25, 0.3) is 5.56 Å². The fraction of sp³-hybridized carbons (Fsp3) is 0.400. The van der Waals surface area contributed by atoms with Crippen molar-refractivity contribution in [1.82, 2.24) is 4.98 Å². The van der Waals surface area contributed by atoms with Crippen LogP contribution in [0.1, 0.15) is 11.1 Å². The van der Waals surface area contributed by atoms with Crippen molar-refractivity contribution in [3.8, 4) is 5.75 Å². The van der Waals surface area contributed by atoms with Crippen molar-refractivity contribution in [3.05, 3.63) is 27.7 Å². The van der Waals surface area contributed by atoms with E-state index in [0.717, 1.165) is 13.3 Å². The quantitative estimate of drug-likeness (QED) is 0.679. The van der Waals surface area contributed by atoms with Crippen molar-refractivity contribution in [2.75, 3.05) is 7.11 Å². The first-order chi connectivity index (χ1) is 8.78. The van der Waals surface area contributed by atoms with Crippen LogP contribution in [-0.4, -0.2) is 24.4 Å². The summed E-state index contributed by atoms with van der Waals surface area (Å²) in [6.45, 7) is 0. The molecule has 0 amide bonds. The fourth-order valence-electron chi connectivity index (χ4n) is 1.34. The van der Waals surface area contributed by atoms with E-state index in [1.54, 1.807) is 0 Å². The Hall–Kier alpha value is -1.70. The molecule has 0 aliphatic carbocycles. The Morgan fingerprint density at radius 3 is 2.58 bits per heavy atom. The Bertz CT molecular complexity index is 526. The minimum Gasteiger partial charge on any atom is -0.469 e. The lowest BCUT2D eigenvalue weighted by Crippen LogP contribution is -2.25. The van der Waals surface area contributed by atoms with Crippen LogP contribution in [0.15, 0.2) is 11.0 Å². The van der Waals surface area contributed by atoms with E-state index < -0.39 is 29.5 Å². The zero-order chi connectivity index (χ0) is 14.6. The number of hydrogen-bond donors (Lipinski definition) is 1. The van der Waals surface area contributed by atoms with Gasteiger partial charge in [-0.15, -0.1) is 24.8 Å². The molecular weight excluding hydrogens is 291 g/mol. The third-order valence-electron chi connectivity index (χ3n) is 2.16. The van der Waals surface area contributed by atoms with Gasteiger partial charge in [-0.25, -0.2) is 0 Å². The molecule has 0 saturated carbocycles. The molecule has 0 aliphatic heterocycles. The van der Waals surface area contributed by atoms with Gasteiger partial charge in [-0.3, -0.25) is 9.59 Å². The van der Waals surface area contributed by atoms with Crippen LogP contribution in [0.3, 0.4) is 0 Å². The maximum atomic E-state index is 12.2. The summed E-state index contributed by atoms with van der Waals surface area (Å²) >= 11 is 5.51. The summed E-state index contributed by atoms with van der Waals surface area (Å²) in [4.78, 5) is 24.5. The van der Waals surface area contributed by atoms with E-state index in [0.29, 0.717) is 0 Å². The first kappa shape index (κ1) is 15.4. The summed E-state index contributed by atoms with van der Waals surface area (Å²) in [5.41, 5.74) is -1.18. The maximum Gasteiger partial charge on any atom is 0.573 e. The molecule has 1 rings (SSSR count). The number of pyridine rings is 1. The number of rotatable bonds is 4. The van der Waals surface area contributed by atoms with E-state index in [1.807, 2.05) is 4.98 Å². The fourth-order valence-corrected chi connectivity index (χ4v) is 1.64. The van der Waals surface area contributed by atoms with Crippen molar-refractivity contribution >= 4 is 17.6 Å². The number of carbonyl (C=O) groups excluding carboxylic acids is 1. The Balaban J connectivity index is 3.25. The van der Waals surface area contributed by atoms with Gasteiger partial charge in [0.15, 0.2) is 5.75 Å². The molecule has 0 aromatic carbocycles. The van der Waals surface area contributed by atoms with E-state index >= 15 is 0 Å². The number of alkyl halides is 4. The highest BCUT2D eigenvalue weighted by atomic mass is 35.5. The van der Waals surface area contributed by atoms with Gasteiger partial charge in [-0.05, 0) is 5.56 Å². The third-order valence-corrected chi connectivity index (χ3v) is 2.43. The topological polar surface area (TPSA) is 68.4 Å². The normalized spacial score (nSPS) is 11.2. The van der Waals surface area contributed by atoms with Crippen molar-refractivity contribution in [2.45, 2.75) is 18.7 Å². The van der Waals surface area contributed by atoms with E-state index in [-0.39, 0.29) is 17.5 Å². The highest BCUT2D eigenvalue weighted by Crippen LogP contribution is 2.26. The smallest absolute Gasteiger partial charge is 0.469 e. The van der Waals surface area contributed by atoms with Gasteiger partial charge in [0.05, 0.1) is 19.4 Å². The van der Waals surface area contributed by atoms with Crippen LogP contribution >= 0.6 is 11.6 Å². The molecule has 5 nitrogen and oxygen atoms in total. The molecule has 0 radical (unpaired) electrons. The zero-order valence-electron chi connectivity index (χ0n) is 9.64. The number of nitrogens with one attached hydrogen (secondary N) is 1. The Morgan fingerprint density at radius 2 is 2.11 bits per heavy atom. The first-order valence-corrected chi connectivity index (χ1v) is 5.44. The van der Waals surface area contributed by atoms with Gasteiger partial charge in [0.2, 0.25) is 0 Å². The molecule has 0 spiro atoms. The minimum atomic E-state index is -5.03. The summed E-state index contributed by atoms with van der Waals surface area (Å²) in [5, 5.41) is 0. The van der Waals surface area contributed by atoms with Crippen LogP contribution in [-0.2, 0) is 21.8 Å². The van der Waals surface area contributed by atoms with Crippen molar-refractivity contribution in [3.63, 3.8) is 0 Å². The van der Waals surface area contributed by atoms with E-state index in [1.165, 1.54) is 0 Å². The average molecular weight is 300 g/mol. The summed E-state index contributed by atoms with van der Waals surface area (Å²) in [6, 6.07) is 0. The Labute approximate surface area is 110 Å². The van der Waals surface area contributed by atoms with Crippen LogP contribution in [0.25, 0.3) is 0 Å². The van der Waals surface area contributed by atoms with Crippen molar-refractivity contribution < 1.29 is 27.4 Å². The number of carbonyl (C=O) groups is 1. The van der Waals surface area contributed by atoms with Crippen LogP contribution in [0.2, 0.25) is 0 Å². The number of hydrogen-bond acceptors (Lipinski definition) is 4. The molecule has 106 valence electrons. The van der Waals surface area contributed by atoms with Gasteiger partial charge >= 0.3 is 12.3 Å². The number of halogens is 4. The number of ether oxygens (including phenoxy) is 2. The predicted octanol–water partition coefficient (Wildman–Crippen LogP) is 1.73. The summed E-state index contributed by atoms with van der Waals surface area (Å²) < 4.78 is 44.6. The number of aromatic nitrogens is 1. The van der Waals surface area contributed by atoms with E-state index in [9.17, 15) is 22.8 Å². The van der Waals surface area contributed by atoms with Crippen LogP contribution in [0, 0.1) is 0 Å². The highest BCUT2D eigenvalue weighted by Gasteiger charge is 2.34. The molecule has 1 aromatic heterocycles. The second-order valence-electron chi connectivity index (χ2n) is 3.39. The molecule has 0 aliphatic rings. The Morgan fingerprint density at radius 1 is 1.47 bits per heavy atom. The molecule has 0 bridgehead atoms. The molecule has 0 unspecified atom stereocenters. The predicted molar refractivity (Wildman–Crippen MR) is 59.0 cm³/mol. The Kier molecular flexibility index (Phi) is 4.82. The standard InChI is InChI=1S/C10H9ClF3NO4/c1-18-7(16)2-5-4-15-9(17)8(6(5)3-11)19-10(12,13)14/h4H,2-3H2,1H3,(H,15,17). The highest BCUT2D eigenvalue weighted by molar-refractivity contribution is 6.17. The third kappa shape index (κ3) is 4.16. The zero-order valence-corrected chi connectivity index (χ0v) is 10.4. The number of aromatic amines is 1. The van der Waals surface area contributed by atoms with Gasteiger partial charge in [-0.2, -0.15) is 0 Å². The van der Waals surface area contributed by atoms with E-state index in [2.05, 4.69) is 9.47 Å². The molecule has 0 saturated heterocycles. The second-order valence-corrected chi connectivity index (χ2v) is 3.65. The lowest BCUT2D eigenvalue weighted by Gasteiger charge is -2.13. The van der Waals surface area contributed by atoms with Gasteiger partial charge in [0.1, 0.15) is 0 Å². The minimum absolute atomic E-state index is 0.0979. The number of H-pyrrole nitrogens is 1. The van der Waals surface area contributed by atoms with Crippen molar-refractivity contribution in [2.24, 2.45) is 0 Å². The maximum absolute atomic E-state index is 12.2. The number of methoxy groups -OCH3 is 1. The SMILES string of the molecule is COC(=O)Cc1c[nH]c(=O)c(OC(F)(F)F)c1CCl. The first-order valence-electron chi connectivity index (χ1n) is 4.90. The lowest BCUT2D eigenvalue weighted by atomic mass is 10.1. The molecule has 1 heterocycles. The monoisotopic (exact) mass is 299 g/mol.